The second-order valence-electron chi connectivity index (χ2n) is 5.84. The molecule has 28 heavy (non-hydrogen) atoms. The van der Waals surface area contributed by atoms with Gasteiger partial charge in [0.1, 0.15) is 0 Å². The predicted octanol–water partition coefficient (Wildman–Crippen LogP) is 3.61. The van der Waals surface area contributed by atoms with E-state index in [1.807, 2.05) is 0 Å². The molecule has 2 aromatic rings. The zero-order valence-electron chi connectivity index (χ0n) is 16.6. The van der Waals surface area contributed by atoms with E-state index < -0.39 is 5.92 Å². The lowest BCUT2D eigenvalue weighted by molar-refractivity contribution is 0.0978. The number of ether oxygens (including phenoxy) is 5. The number of nitriles is 1. The van der Waals surface area contributed by atoms with Crippen molar-refractivity contribution in [2.75, 3.05) is 35.5 Å². The van der Waals surface area contributed by atoms with Gasteiger partial charge in [-0.1, -0.05) is 0 Å². The summed E-state index contributed by atoms with van der Waals surface area (Å²) in [6.07, 6.45) is -0.00931. The summed E-state index contributed by atoms with van der Waals surface area (Å²) in [5, 5.41) is 9.65. The molecule has 0 aliphatic carbocycles. The maximum absolute atomic E-state index is 12.8. The summed E-state index contributed by atoms with van der Waals surface area (Å²) in [4.78, 5) is 12.8. The van der Waals surface area contributed by atoms with Crippen molar-refractivity contribution in [1.82, 2.24) is 0 Å². The molecule has 0 radical (unpaired) electrons. The Morgan fingerprint density at radius 3 is 1.89 bits per heavy atom. The first-order valence-corrected chi connectivity index (χ1v) is 8.47. The second kappa shape index (κ2) is 9.51. The molecule has 0 fully saturated rings. The summed E-state index contributed by atoms with van der Waals surface area (Å²) >= 11 is 0. The van der Waals surface area contributed by atoms with Gasteiger partial charge in [-0.2, -0.15) is 5.26 Å². The zero-order valence-corrected chi connectivity index (χ0v) is 16.6. The van der Waals surface area contributed by atoms with E-state index in [9.17, 15) is 10.1 Å². The minimum absolute atomic E-state index is 0.00931. The van der Waals surface area contributed by atoms with Crippen LogP contribution in [-0.4, -0.2) is 41.3 Å². The molecule has 0 N–H and O–H groups in total. The summed E-state index contributed by atoms with van der Waals surface area (Å²) in [6, 6.07) is 10.4. The Balaban J connectivity index is 2.34. The van der Waals surface area contributed by atoms with Gasteiger partial charge in [0.05, 0.1) is 47.5 Å². The lowest BCUT2D eigenvalue weighted by Gasteiger charge is -2.16. The van der Waals surface area contributed by atoms with Crippen molar-refractivity contribution < 1.29 is 28.5 Å². The number of benzene rings is 2. The van der Waals surface area contributed by atoms with Gasteiger partial charge in [0.2, 0.25) is 5.75 Å². The van der Waals surface area contributed by atoms with E-state index in [-0.39, 0.29) is 12.2 Å². The van der Waals surface area contributed by atoms with Crippen LogP contribution in [0.25, 0.3) is 0 Å². The Kier molecular flexibility index (Phi) is 7.10. The molecular weight excluding hydrogens is 362 g/mol. The number of hydrogen-bond acceptors (Lipinski definition) is 7. The largest absolute Gasteiger partial charge is 0.493 e. The Morgan fingerprint density at radius 1 is 0.857 bits per heavy atom. The first-order valence-electron chi connectivity index (χ1n) is 8.47. The maximum atomic E-state index is 12.8. The third-order valence-electron chi connectivity index (χ3n) is 4.34. The van der Waals surface area contributed by atoms with Crippen LogP contribution in [0.1, 0.15) is 28.3 Å². The summed E-state index contributed by atoms with van der Waals surface area (Å²) in [5.74, 6) is 1.38. The average molecular weight is 385 g/mol. The summed E-state index contributed by atoms with van der Waals surface area (Å²) in [7, 11) is 7.52. The van der Waals surface area contributed by atoms with Crippen LogP contribution in [-0.2, 0) is 0 Å². The van der Waals surface area contributed by atoms with Crippen LogP contribution in [0.3, 0.4) is 0 Å². The molecule has 0 unspecified atom stereocenters. The smallest absolute Gasteiger partial charge is 0.203 e. The average Bonchev–Trinajstić information content (AvgIpc) is 2.75. The third kappa shape index (κ3) is 4.29. The highest BCUT2D eigenvalue weighted by molar-refractivity contribution is 5.97. The lowest BCUT2D eigenvalue weighted by Crippen LogP contribution is -2.08. The number of carbonyl (C=O) groups excluding carboxylic acids is 1. The molecule has 2 rings (SSSR count). The summed E-state index contributed by atoms with van der Waals surface area (Å²) in [6.45, 7) is 0. The fourth-order valence-corrected chi connectivity index (χ4v) is 2.85. The molecule has 0 amide bonds. The molecule has 0 spiro atoms. The number of Topliss-reactive ketones (excluding diaryl/α,β-unsaturated/α-hetero) is 1. The van der Waals surface area contributed by atoms with Crippen molar-refractivity contribution >= 4 is 5.78 Å². The highest BCUT2D eigenvalue weighted by Crippen LogP contribution is 2.40. The molecule has 0 aromatic heterocycles. The molecule has 0 heterocycles. The van der Waals surface area contributed by atoms with Gasteiger partial charge in [-0.25, -0.2) is 0 Å². The fourth-order valence-electron chi connectivity index (χ4n) is 2.85. The first kappa shape index (κ1) is 20.9. The SMILES string of the molecule is COc1ccc(C(=O)C[C@@H](C#N)c2cc(OC)c(OC)c(OC)c2)cc1OC. The first-order chi connectivity index (χ1) is 13.5. The van der Waals surface area contributed by atoms with Gasteiger partial charge in [0.25, 0.3) is 0 Å². The van der Waals surface area contributed by atoms with Crippen LogP contribution in [0.5, 0.6) is 28.7 Å². The fraction of sp³-hybridized carbons (Fsp3) is 0.333. The van der Waals surface area contributed by atoms with Gasteiger partial charge in [-0.15, -0.1) is 0 Å². The molecule has 7 nitrogen and oxygen atoms in total. The van der Waals surface area contributed by atoms with Crippen LogP contribution < -0.4 is 23.7 Å². The van der Waals surface area contributed by atoms with Crippen molar-refractivity contribution in [1.29, 1.82) is 5.26 Å². The van der Waals surface area contributed by atoms with Gasteiger partial charge < -0.3 is 23.7 Å². The van der Waals surface area contributed by atoms with E-state index in [0.717, 1.165) is 0 Å². The number of carbonyl (C=O) groups is 1. The summed E-state index contributed by atoms with van der Waals surface area (Å²) < 4.78 is 26.4. The molecule has 0 saturated carbocycles. The van der Waals surface area contributed by atoms with E-state index in [2.05, 4.69) is 6.07 Å². The number of nitrogens with zero attached hydrogens (tertiary/aromatic N) is 1. The van der Waals surface area contributed by atoms with Crippen LogP contribution in [0.2, 0.25) is 0 Å². The molecule has 0 aliphatic heterocycles. The van der Waals surface area contributed by atoms with Crippen LogP contribution in [0, 0.1) is 11.3 Å². The van der Waals surface area contributed by atoms with E-state index in [1.54, 1.807) is 30.3 Å². The lowest BCUT2D eigenvalue weighted by atomic mass is 9.92. The van der Waals surface area contributed by atoms with E-state index >= 15 is 0 Å². The number of hydrogen-bond donors (Lipinski definition) is 0. The van der Waals surface area contributed by atoms with E-state index in [0.29, 0.717) is 39.9 Å². The number of methoxy groups -OCH3 is 5. The monoisotopic (exact) mass is 385 g/mol. The minimum Gasteiger partial charge on any atom is -0.493 e. The second-order valence-corrected chi connectivity index (χ2v) is 5.84. The number of rotatable bonds is 9. The van der Waals surface area contributed by atoms with Crippen molar-refractivity contribution in [2.24, 2.45) is 0 Å². The van der Waals surface area contributed by atoms with Gasteiger partial charge in [0, 0.05) is 12.0 Å². The Morgan fingerprint density at radius 2 is 1.43 bits per heavy atom. The van der Waals surface area contributed by atoms with Crippen LogP contribution >= 0.6 is 0 Å². The third-order valence-corrected chi connectivity index (χ3v) is 4.34. The van der Waals surface area contributed by atoms with Crippen LogP contribution in [0.15, 0.2) is 30.3 Å². The van der Waals surface area contributed by atoms with Crippen molar-refractivity contribution in [3.05, 3.63) is 41.5 Å². The van der Waals surface area contributed by atoms with Gasteiger partial charge >= 0.3 is 0 Å². The molecule has 148 valence electrons. The Hall–Kier alpha value is -3.40. The molecule has 7 heteroatoms. The molecule has 0 aliphatic rings. The maximum Gasteiger partial charge on any atom is 0.203 e. The summed E-state index contributed by atoms with van der Waals surface area (Å²) in [5.41, 5.74) is 1.04. The Bertz CT molecular complexity index is 862. The highest BCUT2D eigenvalue weighted by Gasteiger charge is 2.22. The van der Waals surface area contributed by atoms with Gasteiger partial charge in [0.15, 0.2) is 28.8 Å². The van der Waals surface area contributed by atoms with Gasteiger partial charge in [-0.3, -0.25) is 4.79 Å². The van der Waals surface area contributed by atoms with Crippen molar-refractivity contribution in [2.45, 2.75) is 12.3 Å². The van der Waals surface area contributed by atoms with Crippen molar-refractivity contribution in [3.8, 4) is 34.8 Å². The molecule has 0 saturated heterocycles. The standard InChI is InChI=1S/C21H23NO6/c1-24-17-7-6-13(9-18(17)25-2)16(23)8-15(12-22)14-10-19(26-3)21(28-5)20(11-14)27-4/h6-7,9-11,15H,8H2,1-5H3/t15-/m0/s1. The van der Waals surface area contributed by atoms with Crippen LogP contribution in [0.4, 0.5) is 0 Å². The molecule has 2 aromatic carbocycles. The van der Waals surface area contributed by atoms with Crippen molar-refractivity contribution in [3.63, 3.8) is 0 Å². The van der Waals surface area contributed by atoms with E-state index in [4.69, 9.17) is 23.7 Å². The molecule has 1 atom stereocenters. The predicted molar refractivity (Wildman–Crippen MR) is 103 cm³/mol. The molecule has 0 bridgehead atoms. The van der Waals surface area contributed by atoms with Gasteiger partial charge in [-0.05, 0) is 35.9 Å². The van der Waals surface area contributed by atoms with E-state index in [1.165, 1.54) is 35.5 Å². The number of ketones is 1. The Labute approximate surface area is 164 Å². The topological polar surface area (TPSA) is 87.0 Å². The quantitative estimate of drug-likeness (QED) is 0.609. The minimum atomic E-state index is -0.686. The normalized spacial score (nSPS) is 11.1. The highest BCUT2D eigenvalue weighted by atomic mass is 16.5. The zero-order chi connectivity index (χ0) is 20.7. The molecular formula is C21H23NO6.